The quantitative estimate of drug-likeness (QED) is 0.912. The molecule has 0 aliphatic heterocycles. The van der Waals surface area contributed by atoms with Gasteiger partial charge in [-0.05, 0) is 48.8 Å². The van der Waals surface area contributed by atoms with Crippen molar-refractivity contribution in [3.05, 3.63) is 34.6 Å². The number of methoxy groups -OCH3 is 1. The number of hydrogen-bond donors (Lipinski definition) is 1. The third-order valence-corrected chi connectivity index (χ3v) is 3.52. The van der Waals surface area contributed by atoms with Crippen LogP contribution in [0.4, 0.5) is 11.6 Å². The SMILES string of the molecule is COc1ccc(Br)c(Nc2nc(C)cn2C(C)C)c1. The van der Waals surface area contributed by atoms with Crippen molar-refractivity contribution in [1.29, 1.82) is 0 Å². The number of halogens is 1. The number of hydrogen-bond acceptors (Lipinski definition) is 3. The molecule has 4 nitrogen and oxygen atoms in total. The largest absolute Gasteiger partial charge is 0.497 e. The number of anilines is 2. The molecule has 2 aromatic rings. The second-order valence-electron chi connectivity index (χ2n) is 4.68. The maximum atomic E-state index is 5.24. The van der Waals surface area contributed by atoms with Gasteiger partial charge in [0, 0.05) is 22.8 Å². The Kier molecular flexibility index (Phi) is 4.14. The van der Waals surface area contributed by atoms with E-state index in [4.69, 9.17) is 4.74 Å². The highest BCUT2D eigenvalue weighted by atomic mass is 79.9. The first-order chi connectivity index (χ1) is 9.01. The molecule has 1 aromatic heterocycles. The van der Waals surface area contributed by atoms with Crippen LogP contribution in [0.3, 0.4) is 0 Å². The van der Waals surface area contributed by atoms with Gasteiger partial charge >= 0.3 is 0 Å². The zero-order valence-corrected chi connectivity index (χ0v) is 13.2. The van der Waals surface area contributed by atoms with E-state index in [9.17, 15) is 0 Å². The van der Waals surface area contributed by atoms with Crippen LogP contribution in [0.5, 0.6) is 5.75 Å². The Bertz CT molecular complexity index is 578. The normalized spacial score (nSPS) is 10.8. The Morgan fingerprint density at radius 2 is 2.11 bits per heavy atom. The molecule has 5 heteroatoms. The van der Waals surface area contributed by atoms with Crippen molar-refractivity contribution in [3.63, 3.8) is 0 Å². The predicted octanol–water partition coefficient (Wildman–Crippen LogP) is 4.29. The van der Waals surface area contributed by atoms with E-state index in [-0.39, 0.29) is 0 Å². The third kappa shape index (κ3) is 3.10. The average molecular weight is 324 g/mol. The van der Waals surface area contributed by atoms with Crippen LogP contribution in [0, 0.1) is 6.92 Å². The van der Waals surface area contributed by atoms with Gasteiger partial charge in [0.15, 0.2) is 0 Å². The zero-order chi connectivity index (χ0) is 14.0. The fraction of sp³-hybridized carbons (Fsp3) is 0.357. The van der Waals surface area contributed by atoms with Crippen LogP contribution in [0.15, 0.2) is 28.9 Å². The van der Waals surface area contributed by atoms with E-state index in [1.807, 2.05) is 31.3 Å². The molecule has 0 spiro atoms. The van der Waals surface area contributed by atoms with Crippen molar-refractivity contribution in [2.24, 2.45) is 0 Å². The first-order valence-corrected chi connectivity index (χ1v) is 6.96. The minimum absolute atomic E-state index is 0.355. The second kappa shape index (κ2) is 5.65. The average Bonchev–Trinajstić information content (AvgIpc) is 2.73. The summed E-state index contributed by atoms with van der Waals surface area (Å²) in [5, 5.41) is 3.34. The van der Waals surface area contributed by atoms with Crippen LogP contribution in [0.1, 0.15) is 25.6 Å². The number of ether oxygens (including phenoxy) is 1. The van der Waals surface area contributed by atoms with Gasteiger partial charge in [-0.2, -0.15) is 0 Å². The van der Waals surface area contributed by atoms with Gasteiger partial charge in [-0.25, -0.2) is 4.98 Å². The molecule has 0 fully saturated rings. The van der Waals surface area contributed by atoms with Gasteiger partial charge in [0.1, 0.15) is 5.75 Å². The number of benzene rings is 1. The molecule has 102 valence electrons. The Balaban J connectivity index is 2.35. The van der Waals surface area contributed by atoms with Crippen LogP contribution in [0.25, 0.3) is 0 Å². The monoisotopic (exact) mass is 323 g/mol. The number of aromatic nitrogens is 2. The topological polar surface area (TPSA) is 39.1 Å². The van der Waals surface area contributed by atoms with Crippen LogP contribution in [0.2, 0.25) is 0 Å². The summed E-state index contributed by atoms with van der Waals surface area (Å²) in [6, 6.07) is 6.17. The van der Waals surface area contributed by atoms with E-state index in [0.29, 0.717) is 6.04 Å². The van der Waals surface area contributed by atoms with Gasteiger partial charge in [-0.3, -0.25) is 0 Å². The van der Waals surface area contributed by atoms with Gasteiger partial charge in [-0.15, -0.1) is 0 Å². The molecule has 0 bridgehead atoms. The van der Waals surface area contributed by atoms with Crippen LogP contribution in [-0.4, -0.2) is 16.7 Å². The summed E-state index contributed by atoms with van der Waals surface area (Å²) in [5.74, 6) is 1.64. The number of nitrogens with zero attached hydrogens (tertiary/aromatic N) is 2. The maximum absolute atomic E-state index is 5.24. The lowest BCUT2D eigenvalue weighted by molar-refractivity contribution is 0.415. The summed E-state index contributed by atoms with van der Waals surface area (Å²) in [6.07, 6.45) is 2.04. The molecule has 0 aliphatic carbocycles. The smallest absolute Gasteiger partial charge is 0.207 e. The highest BCUT2D eigenvalue weighted by Crippen LogP contribution is 2.30. The summed E-state index contributed by atoms with van der Waals surface area (Å²) >= 11 is 3.53. The van der Waals surface area contributed by atoms with Gasteiger partial charge in [0.05, 0.1) is 18.5 Å². The van der Waals surface area contributed by atoms with Gasteiger partial charge in [0.2, 0.25) is 5.95 Å². The maximum Gasteiger partial charge on any atom is 0.207 e. The van der Waals surface area contributed by atoms with Crippen molar-refractivity contribution in [1.82, 2.24) is 9.55 Å². The van der Waals surface area contributed by atoms with Crippen molar-refractivity contribution in [3.8, 4) is 5.75 Å². The van der Waals surface area contributed by atoms with Gasteiger partial charge < -0.3 is 14.6 Å². The first-order valence-electron chi connectivity index (χ1n) is 6.17. The molecule has 1 heterocycles. The molecule has 0 unspecified atom stereocenters. The summed E-state index contributed by atoms with van der Waals surface area (Å²) < 4.78 is 8.33. The number of nitrogens with one attached hydrogen (secondary N) is 1. The molecular formula is C14H18BrN3O. The van der Waals surface area contributed by atoms with E-state index >= 15 is 0 Å². The summed E-state index contributed by atoms with van der Waals surface area (Å²) in [5.41, 5.74) is 1.93. The molecule has 2 rings (SSSR count). The van der Waals surface area contributed by atoms with Gasteiger partial charge in [-0.1, -0.05) is 0 Å². The summed E-state index contributed by atoms with van der Waals surface area (Å²) in [7, 11) is 1.66. The van der Waals surface area contributed by atoms with E-state index in [1.54, 1.807) is 7.11 Å². The Morgan fingerprint density at radius 1 is 1.37 bits per heavy atom. The molecule has 0 aliphatic rings. The fourth-order valence-electron chi connectivity index (χ4n) is 1.85. The van der Waals surface area contributed by atoms with Crippen LogP contribution in [-0.2, 0) is 0 Å². The second-order valence-corrected chi connectivity index (χ2v) is 5.53. The fourth-order valence-corrected chi connectivity index (χ4v) is 2.20. The zero-order valence-electron chi connectivity index (χ0n) is 11.6. The lowest BCUT2D eigenvalue weighted by Crippen LogP contribution is -2.05. The summed E-state index contributed by atoms with van der Waals surface area (Å²) in [6.45, 7) is 6.25. The molecular weight excluding hydrogens is 306 g/mol. The van der Waals surface area contributed by atoms with Crippen LogP contribution >= 0.6 is 15.9 Å². The third-order valence-electron chi connectivity index (χ3n) is 2.83. The Hall–Kier alpha value is -1.49. The van der Waals surface area contributed by atoms with Gasteiger partial charge in [0.25, 0.3) is 0 Å². The molecule has 1 N–H and O–H groups in total. The molecule has 0 atom stereocenters. The minimum Gasteiger partial charge on any atom is -0.497 e. The molecule has 1 aromatic carbocycles. The van der Waals surface area contributed by atoms with Crippen LogP contribution < -0.4 is 10.1 Å². The molecule has 0 saturated carbocycles. The minimum atomic E-state index is 0.355. The standard InChI is InChI=1S/C14H18BrN3O/c1-9(2)18-8-10(3)16-14(18)17-13-7-11(19-4)5-6-12(13)15/h5-9H,1-4H3,(H,16,17). The molecule has 0 saturated heterocycles. The highest BCUT2D eigenvalue weighted by Gasteiger charge is 2.10. The van der Waals surface area contributed by atoms with E-state index < -0.39 is 0 Å². The number of aryl methyl sites for hydroxylation is 1. The van der Waals surface area contributed by atoms with E-state index in [2.05, 4.69) is 44.6 Å². The van der Waals surface area contributed by atoms with Crippen molar-refractivity contribution >= 4 is 27.6 Å². The lowest BCUT2D eigenvalue weighted by atomic mass is 10.3. The Morgan fingerprint density at radius 3 is 2.74 bits per heavy atom. The molecule has 19 heavy (non-hydrogen) atoms. The summed E-state index contributed by atoms with van der Waals surface area (Å²) in [4.78, 5) is 4.51. The first kappa shape index (κ1) is 13.9. The predicted molar refractivity (Wildman–Crippen MR) is 81.3 cm³/mol. The lowest BCUT2D eigenvalue weighted by Gasteiger charge is -2.14. The Labute approximate surface area is 121 Å². The molecule has 0 amide bonds. The highest BCUT2D eigenvalue weighted by molar-refractivity contribution is 9.10. The number of imidazole rings is 1. The van der Waals surface area contributed by atoms with E-state index in [0.717, 1.165) is 27.6 Å². The van der Waals surface area contributed by atoms with Crippen molar-refractivity contribution in [2.45, 2.75) is 26.8 Å². The number of rotatable bonds is 4. The van der Waals surface area contributed by atoms with Crippen molar-refractivity contribution < 1.29 is 4.74 Å². The van der Waals surface area contributed by atoms with E-state index in [1.165, 1.54) is 0 Å². The molecule has 0 radical (unpaired) electrons. The van der Waals surface area contributed by atoms with Crippen molar-refractivity contribution in [2.75, 3.05) is 12.4 Å².